The lowest BCUT2D eigenvalue weighted by atomic mass is 9.90. The van der Waals surface area contributed by atoms with Crippen molar-refractivity contribution in [1.29, 1.82) is 0 Å². The first-order valence-electron chi connectivity index (χ1n) is 3.80. The average Bonchev–Trinajstić information content (AvgIpc) is 1.89. The Labute approximate surface area is 65.0 Å². The molecule has 0 heterocycles. The van der Waals surface area contributed by atoms with Crippen LogP contribution in [-0.4, -0.2) is 0 Å². The van der Waals surface area contributed by atoms with Crippen molar-refractivity contribution >= 4 is 0 Å². The Morgan fingerprint density at radius 1 is 1.50 bits per heavy atom. The fourth-order valence-electron chi connectivity index (χ4n) is 0.951. The molecule has 0 saturated carbocycles. The summed E-state index contributed by atoms with van der Waals surface area (Å²) in [6.45, 7) is 11.8. The van der Waals surface area contributed by atoms with Crippen molar-refractivity contribution in [2.24, 2.45) is 11.8 Å². The first kappa shape index (κ1) is 9.56. The van der Waals surface area contributed by atoms with Gasteiger partial charge >= 0.3 is 0 Å². The van der Waals surface area contributed by atoms with Gasteiger partial charge in [0.1, 0.15) is 0 Å². The van der Waals surface area contributed by atoms with Crippen LogP contribution in [0.15, 0.2) is 0 Å². The molecule has 0 fully saturated rings. The maximum atomic E-state index is 3.97. The predicted octanol–water partition coefficient (Wildman–Crippen LogP) is 2.71. The highest BCUT2D eigenvalue weighted by atomic mass is 14.1. The maximum absolute atomic E-state index is 3.97. The van der Waals surface area contributed by atoms with Crippen molar-refractivity contribution in [3.05, 3.63) is 13.8 Å². The second-order valence-electron chi connectivity index (χ2n) is 2.70. The van der Waals surface area contributed by atoms with Crippen LogP contribution in [0.3, 0.4) is 0 Å². The molecule has 2 unspecified atom stereocenters. The zero-order valence-corrected chi connectivity index (χ0v) is 6.98. The molecule has 0 heteroatoms. The molecule has 0 rings (SSSR count). The molecule has 10 heavy (non-hydrogen) atoms. The molecule has 0 nitrogen and oxygen atoms in total. The normalized spacial score (nSPS) is 12.5. The van der Waals surface area contributed by atoms with Crippen LogP contribution in [-0.2, 0) is 0 Å². The van der Waals surface area contributed by atoms with Crippen LogP contribution in [0.4, 0.5) is 0 Å². The van der Waals surface area contributed by atoms with E-state index >= 15 is 0 Å². The zero-order chi connectivity index (χ0) is 7.98. The summed E-state index contributed by atoms with van der Waals surface area (Å²) in [6.07, 6.45) is 2.12. The third kappa shape index (κ3) is 3.56. The minimum atomic E-state index is 0.505. The van der Waals surface area contributed by atoms with Crippen molar-refractivity contribution in [2.75, 3.05) is 0 Å². The zero-order valence-electron chi connectivity index (χ0n) is 6.98. The summed E-state index contributed by atoms with van der Waals surface area (Å²) < 4.78 is 0. The van der Waals surface area contributed by atoms with Crippen LogP contribution in [0.1, 0.15) is 26.7 Å². The molecule has 0 aromatic carbocycles. The van der Waals surface area contributed by atoms with E-state index in [1.165, 1.54) is 6.42 Å². The van der Waals surface area contributed by atoms with E-state index in [1.807, 2.05) is 0 Å². The van der Waals surface area contributed by atoms with Gasteiger partial charge in [-0.15, -0.1) is 11.8 Å². The van der Waals surface area contributed by atoms with Crippen molar-refractivity contribution in [3.8, 4) is 11.8 Å². The smallest absolute Gasteiger partial charge is 0.0198 e. The molecule has 0 spiro atoms. The fraction of sp³-hybridized carbons (Fsp3) is 0.600. The van der Waals surface area contributed by atoms with Gasteiger partial charge in [0, 0.05) is 13.3 Å². The van der Waals surface area contributed by atoms with Gasteiger partial charge in [-0.2, -0.15) is 0 Å². The molecular weight excluding hydrogens is 120 g/mol. The van der Waals surface area contributed by atoms with Crippen LogP contribution in [0, 0.1) is 37.5 Å². The quantitative estimate of drug-likeness (QED) is 0.523. The van der Waals surface area contributed by atoms with Gasteiger partial charge in [-0.3, -0.25) is 0 Å². The standard InChI is InChI=1S/C10H16/c1-5-7-8-10(6-2)9(3)4/h9-10H,1,3,6,8H2,2,4H3. The molecule has 0 aromatic heterocycles. The summed E-state index contributed by atoms with van der Waals surface area (Å²) in [6, 6.07) is 0. The van der Waals surface area contributed by atoms with Gasteiger partial charge in [-0.05, 0) is 11.8 Å². The third-order valence-corrected chi connectivity index (χ3v) is 1.82. The molecule has 0 amide bonds. The van der Waals surface area contributed by atoms with Crippen LogP contribution in [0.2, 0.25) is 0 Å². The molecule has 0 bridgehead atoms. The lowest BCUT2D eigenvalue weighted by molar-refractivity contribution is 0.414. The molecule has 0 aromatic rings. The van der Waals surface area contributed by atoms with Crippen LogP contribution >= 0.6 is 0 Å². The fourth-order valence-corrected chi connectivity index (χ4v) is 0.951. The van der Waals surface area contributed by atoms with Crippen LogP contribution in [0.25, 0.3) is 0 Å². The largest absolute Gasteiger partial charge is 0.103 e. The van der Waals surface area contributed by atoms with E-state index in [0.29, 0.717) is 11.8 Å². The molecule has 2 radical (unpaired) electrons. The molecule has 0 N–H and O–H groups in total. The van der Waals surface area contributed by atoms with Gasteiger partial charge in [0.05, 0.1) is 0 Å². The van der Waals surface area contributed by atoms with Gasteiger partial charge < -0.3 is 0 Å². The Kier molecular flexibility index (Phi) is 5.12. The van der Waals surface area contributed by atoms with Crippen LogP contribution < -0.4 is 0 Å². The predicted molar refractivity (Wildman–Crippen MR) is 46.1 cm³/mol. The monoisotopic (exact) mass is 136 g/mol. The number of hydrogen-bond acceptors (Lipinski definition) is 0. The number of hydrogen-bond donors (Lipinski definition) is 0. The second kappa shape index (κ2) is 5.35. The Balaban J connectivity index is 3.67. The van der Waals surface area contributed by atoms with E-state index in [4.69, 9.17) is 0 Å². The van der Waals surface area contributed by atoms with E-state index in [1.54, 1.807) is 0 Å². The number of rotatable bonds is 3. The van der Waals surface area contributed by atoms with Crippen molar-refractivity contribution in [3.63, 3.8) is 0 Å². The van der Waals surface area contributed by atoms with Gasteiger partial charge in [-0.25, -0.2) is 0 Å². The van der Waals surface area contributed by atoms with Crippen molar-refractivity contribution in [1.82, 2.24) is 0 Å². The minimum Gasteiger partial charge on any atom is -0.103 e. The van der Waals surface area contributed by atoms with E-state index in [0.717, 1.165) is 6.42 Å². The highest BCUT2D eigenvalue weighted by Gasteiger charge is 2.08. The average molecular weight is 136 g/mol. The first-order chi connectivity index (χ1) is 4.72. The summed E-state index contributed by atoms with van der Waals surface area (Å²) >= 11 is 0. The summed E-state index contributed by atoms with van der Waals surface area (Å²) in [5, 5.41) is 0. The highest BCUT2D eigenvalue weighted by Crippen LogP contribution is 2.17. The Bertz CT molecular complexity index is 123. The topological polar surface area (TPSA) is 0 Å². The molecule has 0 aliphatic heterocycles. The van der Waals surface area contributed by atoms with E-state index in [9.17, 15) is 0 Å². The van der Waals surface area contributed by atoms with Gasteiger partial charge in [0.15, 0.2) is 0 Å². The lowest BCUT2D eigenvalue weighted by Gasteiger charge is -2.14. The molecule has 0 saturated heterocycles. The highest BCUT2D eigenvalue weighted by molar-refractivity contribution is 5.02. The summed E-state index contributed by atoms with van der Waals surface area (Å²) in [5.74, 6) is 6.79. The molecular formula is C10H16. The SMILES string of the molecule is [CH2]C#CCC(CC)C([CH2])C. The molecule has 2 atom stereocenters. The van der Waals surface area contributed by atoms with E-state index < -0.39 is 0 Å². The van der Waals surface area contributed by atoms with E-state index in [-0.39, 0.29) is 0 Å². The summed E-state index contributed by atoms with van der Waals surface area (Å²) in [4.78, 5) is 0. The Morgan fingerprint density at radius 3 is 2.40 bits per heavy atom. The lowest BCUT2D eigenvalue weighted by Crippen LogP contribution is -2.06. The van der Waals surface area contributed by atoms with E-state index in [2.05, 4.69) is 39.5 Å². The Morgan fingerprint density at radius 2 is 2.10 bits per heavy atom. The van der Waals surface area contributed by atoms with Crippen molar-refractivity contribution in [2.45, 2.75) is 26.7 Å². The van der Waals surface area contributed by atoms with Gasteiger partial charge in [0.25, 0.3) is 0 Å². The molecule has 0 aliphatic rings. The first-order valence-corrected chi connectivity index (χ1v) is 3.80. The maximum Gasteiger partial charge on any atom is 0.0198 e. The van der Waals surface area contributed by atoms with Crippen LogP contribution in [0.5, 0.6) is 0 Å². The summed E-state index contributed by atoms with van der Waals surface area (Å²) in [5.41, 5.74) is 0. The third-order valence-electron chi connectivity index (χ3n) is 1.82. The van der Waals surface area contributed by atoms with Gasteiger partial charge in [-0.1, -0.05) is 27.2 Å². The van der Waals surface area contributed by atoms with Gasteiger partial charge in [0.2, 0.25) is 0 Å². The Hall–Kier alpha value is -0.440. The second-order valence-corrected chi connectivity index (χ2v) is 2.70. The molecule has 0 aliphatic carbocycles. The molecule has 56 valence electrons. The minimum absolute atomic E-state index is 0.505. The van der Waals surface area contributed by atoms with Crippen molar-refractivity contribution < 1.29 is 0 Å². The summed E-state index contributed by atoms with van der Waals surface area (Å²) in [7, 11) is 0.